The maximum Gasteiger partial charge on any atom is 0.263 e. The summed E-state index contributed by atoms with van der Waals surface area (Å²) < 4.78 is 0.421. The average Bonchev–Trinajstić information content (AvgIpc) is 2.50. The van der Waals surface area contributed by atoms with E-state index >= 15 is 0 Å². The van der Waals surface area contributed by atoms with Crippen molar-refractivity contribution >= 4 is 51.9 Å². The molecule has 2 N–H and O–H groups in total. The molecule has 1 heterocycles. The molecule has 0 bridgehead atoms. The fourth-order valence-corrected chi connectivity index (χ4v) is 2.40. The molecule has 0 atom stereocenters. The van der Waals surface area contributed by atoms with Crippen LogP contribution in [0.15, 0.2) is 23.1 Å². The van der Waals surface area contributed by atoms with Gasteiger partial charge in [0.05, 0.1) is 4.91 Å². The predicted molar refractivity (Wildman–Crippen MR) is 69.4 cm³/mol. The molecular formula is C10H6ClNO2S2. The maximum atomic E-state index is 11.4. The summed E-state index contributed by atoms with van der Waals surface area (Å²) in [6.07, 6.45) is 1.57. The van der Waals surface area contributed by atoms with E-state index in [1.165, 1.54) is 17.8 Å². The first-order valence-corrected chi connectivity index (χ1v) is 5.90. The van der Waals surface area contributed by atoms with Gasteiger partial charge in [0.2, 0.25) is 0 Å². The van der Waals surface area contributed by atoms with Crippen molar-refractivity contribution < 1.29 is 9.90 Å². The first-order valence-electron chi connectivity index (χ1n) is 4.29. The van der Waals surface area contributed by atoms with Crippen molar-refractivity contribution in [2.24, 2.45) is 0 Å². The van der Waals surface area contributed by atoms with Crippen LogP contribution in [-0.4, -0.2) is 15.3 Å². The van der Waals surface area contributed by atoms with Crippen LogP contribution in [0.3, 0.4) is 0 Å². The summed E-state index contributed by atoms with van der Waals surface area (Å²) in [6.45, 7) is 0. The van der Waals surface area contributed by atoms with E-state index in [1.54, 1.807) is 18.2 Å². The lowest BCUT2D eigenvalue weighted by molar-refractivity contribution is -0.115. The minimum atomic E-state index is -0.246. The first kappa shape index (κ1) is 11.4. The van der Waals surface area contributed by atoms with Crippen molar-refractivity contribution in [3.8, 4) is 5.75 Å². The SMILES string of the molecule is O=C1NC(=S)S/C1=C\c1ccc(Cl)cc1O. The van der Waals surface area contributed by atoms with Gasteiger partial charge >= 0.3 is 0 Å². The first-order chi connectivity index (χ1) is 7.56. The summed E-state index contributed by atoms with van der Waals surface area (Å²) in [7, 11) is 0. The van der Waals surface area contributed by atoms with Crippen LogP contribution in [0.4, 0.5) is 0 Å². The van der Waals surface area contributed by atoms with Gasteiger partial charge in [0.25, 0.3) is 5.91 Å². The van der Waals surface area contributed by atoms with Crippen molar-refractivity contribution in [1.82, 2.24) is 5.32 Å². The summed E-state index contributed by atoms with van der Waals surface area (Å²) in [5, 5.41) is 12.5. The Bertz CT molecular complexity index is 514. The zero-order valence-electron chi connectivity index (χ0n) is 7.86. The quantitative estimate of drug-likeness (QED) is 0.609. The van der Waals surface area contributed by atoms with Crippen LogP contribution in [0, 0.1) is 0 Å². The van der Waals surface area contributed by atoms with Crippen molar-refractivity contribution in [2.45, 2.75) is 0 Å². The molecule has 16 heavy (non-hydrogen) atoms. The third-order valence-corrected chi connectivity index (χ3v) is 3.32. The molecule has 1 aliphatic rings. The Morgan fingerprint density at radius 3 is 2.81 bits per heavy atom. The van der Waals surface area contributed by atoms with E-state index in [1.807, 2.05) is 0 Å². The van der Waals surface area contributed by atoms with Gasteiger partial charge in [-0.2, -0.15) is 0 Å². The van der Waals surface area contributed by atoms with Gasteiger partial charge in [0.1, 0.15) is 10.1 Å². The standard InChI is InChI=1S/C10H6ClNO2S2/c11-6-2-1-5(7(13)4-6)3-8-9(14)12-10(15)16-8/h1-4,13H,(H,12,14,15)/b8-3-. The number of thiocarbonyl (C=S) groups is 1. The van der Waals surface area contributed by atoms with Gasteiger partial charge in [-0.05, 0) is 24.3 Å². The highest BCUT2D eigenvalue weighted by Gasteiger charge is 2.22. The zero-order chi connectivity index (χ0) is 11.7. The summed E-state index contributed by atoms with van der Waals surface area (Å²) in [4.78, 5) is 11.8. The Morgan fingerprint density at radius 1 is 1.50 bits per heavy atom. The largest absolute Gasteiger partial charge is 0.507 e. The third kappa shape index (κ3) is 2.37. The molecule has 3 nitrogen and oxygen atoms in total. The number of carbonyl (C=O) groups is 1. The second-order valence-electron chi connectivity index (χ2n) is 3.06. The monoisotopic (exact) mass is 271 g/mol. The lowest BCUT2D eigenvalue weighted by Crippen LogP contribution is -2.17. The summed E-state index contributed by atoms with van der Waals surface area (Å²) in [5.41, 5.74) is 0.534. The molecule has 1 amide bonds. The number of halogens is 1. The van der Waals surface area contributed by atoms with Crippen LogP contribution in [0.25, 0.3) is 6.08 Å². The highest BCUT2D eigenvalue weighted by Crippen LogP contribution is 2.30. The Kier molecular flexibility index (Phi) is 3.18. The van der Waals surface area contributed by atoms with Gasteiger partial charge in [-0.15, -0.1) is 0 Å². The van der Waals surface area contributed by atoms with Gasteiger partial charge in [0, 0.05) is 10.6 Å². The molecule has 0 aliphatic carbocycles. The fourth-order valence-electron chi connectivity index (χ4n) is 1.20. The second kappa shape index (κ2) is 4.45. The average molecular weight is 272 g/mol. The van der Waals surface area contributed by atoms with Crippen LogP contribution in [0.2, 0.25) is 5.02 Å². The maximum absolute atomic E-state index is 11.4. The molecule has 2 rings (SSSR count). The molecule has 0 aromatic heterocycles. The van der Waals surface area contributed by atoms with Crippen LogP contribution in [-0.2, 0) is 4.79 Å². The number of phenolic OH excluding ortho intramolecular Hbond substituents is 1. The number of hydrogen-bond donors (Lipinski definition) is 2. The number of rotatable bonds is 1. The fraction of sp³-hybridized carbons (Fsp3) is 0. The Morgan fingerprint density at radius 2 is 2.25 bits per heavy atom. The van der Waals surface area contributed by atoms with E-state index in [-0.39, 0.29) is 11.7 Å². The van der Waals surface area contributed by atoms with E-state index in [0.717, 1.165) is 0 Å². The van der Waals surface area contributed by atoms with Gasteiger partial charge < -0.3 is 10.4 Å². The van der Waals surface area contributed by atoms with Gasteiger partial charge in [0.15, 0.2) is 0 Å². The summed E-state index contributed by atoms with van der Waals surface area (Å²) in [6, 6.07) is 4.70. The van der Waals surface area contributed by atoms with Crippen LogP contribution >= 0.6 is 35.6 Å². The number of nitrogens with one attached hydrogen (secondary N) is 1. The van der Waals surface area contributed by atoms with Gasteiger partial charge in [-0.1, -0.05) is 35.6 Å². The molecule has 0 spiro atoms. The highest BCUT2D eigenvalue weighted by atomic mass is 35.5. The van der Waals surface area contributed by atoms with E-state index in [9.17, 15) is 9.90 Å². The van der Waals surface area contributed by atoms with E-state index in [2.05, 4.69) is 5.32 Å². The molecule has 0 unspecified atom stereocenters. The van der Waals surface area contributed by atoms with Crippen molar-refractivity contribution in [3.05, 3.63) is 33.7 Å². The molecule has 1 fully saturated rings. The number of aromatic hydroxyl groups is 1. The molecule has 1 aliphatic heterocycles. The predicted octanol–water partition coefficient (Wildman–Crippen LogP) is 2.53. The number of amides is 1. The minimum absolute atomic E-state index is 0.0335. The second-order valence-corrected chi connectivity index (χ2v) is 5.21. The van der Waals surface area contributed by atoms with E-state index in [4.69, 9.17) is 23.8 Å². The summed E-state index contributed by atoms with van der Waals surface area (Å²) >= 11 is 11.7. The van der Waals surface area contributed by atoms with E-state index < -0.39 is 0 Å². The van der Waals surface area contributed by atoms with E-state index in [0.29, 0.717) is 19.8 Å². The third-order valence-electron chi connectivity index (χ3n) is 1.92. The topological polar surface area (TPSA) is 49.3 Å². The zero-order valence-corrected chi connectivity index (χ0v) is 10.2. The number of carbonyl (C=O) groups excluding carboxylic acids is 1. The Labute approximate surface area is 106 Å². The molecule has 1 saturated heterocycles. The Hall–Kier alpha value is -1.04. The van der Waals surface area contributed by atoms with Crippen LogP contribution < -0.4 is 5.32 Å². The molecular weight excluding hydrogens is 266 g/mol. The number of phenols is 1. The highest BCUT2D eigenvalue weighted by molar-refractivity contribution is 8.26. The van der Waals surface area contributed by atoms with Crippen molar-refractivity contribution in [1.29, 1.82) is 0 Å². The summed E-state index contributed by atoms with van der Waals surface area (Å²) in [5.74, 6) is -0.212. The molecule has 1 aromatic rings. The van der Waals surface area contributed by atoms with Crippen LogP contribution in [0.1, 0.15) is 5.56 Å². The van der Waals surface area contributed by atoms with Crippen molar-refractivity contribution in [3.63, 3.8) is 0 Å². The Balaban J connectivity index is 2.36. The number of hydrogen-bond acceptors (Lipinski definition) is 4. The van der Waals surface area contributed by atoms with Gasteiger partial charge in [-0.25, -0.2) is 0 Å². The van der Waals surface area contributed by atoms with Crippen LogP contribution in [0.5, 0.6) is 5.75 Å². The lowest BCUT2D eigenvalue weighted by Gasteiger charge is -1.99. The van der Waals surface area contributed by atoms with Crippen molar-refractivity contribution in [2.75, 3.05) is 0 Å². The molecule has 1 aromatic carbocycles. The van der Waals surface area contributed by atoms with Gasteiger partial charge in [-0.3, -0.25) is 4.79 Å². The molecule has 82 valence electrons. The minimum Gasteiger partial charge on any atom is -0.507 e. The normalized spacial score (nSPS) is 17.9. The molecule has 0 saturated carbocycles. The number of thioether (sulfide) groups is 1. The smallest absolute Gasteiger partial charge is 0.263 e. The number of benzene rings is 1. The lowest BCUT2D eigenvalue weighted by atomic mass is 10.2. The molecule has 6 heteroatoms. The molecule has 0 radical (unpaired) electrons.